The van der Waals surface area contributed by atoms with E-state index in [4.69, 9.17) is 17.3 Å². The zero-order valence-electron chi connectivity index (χ0n) is 9.60. The Kier molecular flexibility index (Phi) is 3.68. The van der Waals surface area contributed by atoms with E-state index in [0.29, 0.717) is 18.8 Å². The Hall–Kier alpha value is -1.40. The van der Waals surface area contributed by atoms with Gasteiger partial charge in [-0.15, -0.1) is 0 Å². The number of nitro benzene ring substituents is 1. The van der Waals surface area contributed by atoms with E-state index < -0.39 is 10.7 Å². The van der Waals surface area contributed by atoms with E-state index in [2.05, 4.69) is 0 Å². The first-order chi connectivity index (χ1) is 8.54. The lowest BCUT2D eigenvalue weighted by Gasteiger charge is -2.25. The zero-order chi connectivity index (χ0) is 13.3. The molecule has 1 aromatic carbocycles. The van der Waals surface area contributed by atoms with Gasteiger partial charge in [-0.1, -0.05) is 11.6 Å². The molecule has 1 atom stereocenters. The SMILES string of the molecule is NCC1CCCN1c1cc(Cl)c(F)cc1[N+](=O)[O-]. The number of nitro groups is 1. The number of hydrogen-bond donors (Lipinski definition) is 1. The predicted octanol–water partition coefficient (Wildman–Crippen LogP) is 2.31. The first-order valence-corrected chi connectivity index (χ1v) is 6.02. The maximum atomic E-state index is 13.3. The van der Waals surface area contributed by atoms with E-state index in [0.717, 1.165) is 18.9 Å². The van der Waals surface area contributed by atoms with Crippen molar-refractivity contribution in [2.24, 2.45) is 5.73 Å². The van der Waals surface area contributed by atoms with Gasteiger partial charge in [0.2, 0.25) is 0 Å². The molecule has 0 aliphatic carbocycles. The molecule has 7 heteroatoms. The lowest BCUT2D eigenvalue weighted by molar-refractivity contribution is -0.384. The summed E-state index contributed by atoms with van der Waals surface area (Å²) >= 11 is 5.70. The largest absolute Gasteiger partial charge is 0.362 e. The van der Waals surface area contributed by atoms with Crippen LogP contribution in [0.2, 0.25) is 5.02 Å². The predicted molar refractivity (Wildman–Crippen MR) is 67.5 cm³/mol. The summed E-state index contributed by atoms with van der Waals surface area (Å²) in [6.07, 6.45) is 1.79. The van der Waals surface area contributed by atoms with Crippen LogP contribution in [0.1, 0.15) is 12.8 Å². The molecule has 1 aliphatic rings. The third-order valence-electron chi connectivity index (χ3n) is 3.17. The normalized spacial score (nSPS) is 19.3. The molecule has 1 fully saturated rings. The van der Waals surface area contributed by atoms with Crippen molar-refractivity contribution in [2.75, 3.05) is 18.0 Å². The quantitative estimate of drug-likeness (QED) is 0.677. The summed E-state index contributed by atoms with van der Waals surface area (Å²) in [7, 11) is 0. The fraction of sp³-hybridized carbons (Fsp3) is 0.455. The fourth-order valence-corrected chi connectivity index (χ4v) is 2.46. The van der Waals surface area contributed by atoms with Gasteiger partial charge >= 0.3 is 0 Å². The van der Waals surface area contributed by atoms with Crippen LogP contribution in [0, 0.1) is 15.9 Å². The molecule has 0 bridgehead atoms. The van der Waals surface area contributed by atoms with E-state index in [1.165, 1.54) is 6.07 Å². The Morgan fingerprint density at radius 1 is 1.61 bits per heavy atom. The number of nitrogens with zero attached hydrogens (tertiary/aromatic N) is 2. The number of hydrogen-bond acceptors (Lipinski definition) is 4. The molecular weight excluding hydrogens is 261 g/mol. The summed E-state index contributed by atoms with van der Waals surface area (Å²) in [6.45, 7) is 1.08. The van der Waals surface area contributed by atoms with E-state index in [1.54, 1.807) is 0 Å². The Morgan fingerprint density at radius 2 is 2.33 bits per heavy atom. The summed E-state index contributed by atoms with van der Waals surface area (Å²) in [6, 6.07) is 2.22. The van der Waals surface area contributed by atoms with E-state index in [9.17, 15) is 14.5 Å². The number of nitrogens with two attached hydrogens (primary N) is 1. The molecule has 0 spiro atoms. The molecule has 0 aromatic heterocycles. The molecule has 98 valence electrons. The van der Waals surface area contributed by atoms with Gasteiger partial charge in [-0.25, -0.2) is 4.39 Å². The van der Waals surface area contributed by atoms with Crippen LogP contribution >= 0.6 is 11.6 Å². The molecule has 18 heavy (non-hydrogen) atoms. The molecule has 5 nitrogen and oxygen atoms in total. The number of rotatable bonds is 3. The van der Waals surface area contributed by atoms with Gasteiger partial charge in [-0.05, 0) is 18.9 Å². The Labute approximate surface area is 108 Å². The molecule has 2 rings (SSSR count). The minimum Gasteiger partial charge on any atom is -0.362 e. The Balaban J connectivity index is 2.48. The van der Waals surface area contributed by atoms with Crippen molar-refractivity contribution in [1.29, 1.82) is 0 Å². The second kappa shape index (κ2) is 5.07. The van der Waals surface area contributed by atoms with Crippen LogP contribution < -0.4 is 10.6 Å². The highest BCUT2D eigenvalue weighted by Gasteiger charge is 2.30. The van der Waals surface area contributed by atoms with Crippen LogP contribution in [-0.4, -0.2) is 24.1 Å². The van der Waals surface area contributed by atoms with Crippen LogP contribution in [0.15, 0.2) is 12.1 Å². The van der Waals surface area contributed by atoms with Crippen LogP contribution in [-0.2, 0) is 0 Å². The Morgan fingerprint density at radius 3 is 2.94 bits per heavy atom. The fourth-order valence-electron chi connectivity index (χ4n) is 2.30. The highest BCUT2D eigenvalue weighted by Crippen LogP contribution is 2.36. The van der Waals surface area contributed by atoms with Gasteiger partial charge in [0.05, 0.1) is 16.0 Å². The number of halogens is 2. The maximum absolute atomic E-state index is 13.3. The first-order valence-electron chi connectivity index (χ1n) is 5.64. The molecular formula is C11H13ClFN3O2. The summed E-state index contributed by atoms with van der Waals surface area (Å²) in [5.41, 5.74) is 5.72. The van der Waals surface area contributed by atoms with E-state index >= 15 is 0 Å². The lowest BCUT2D eigenvalue weighted by Crippen LogP contribution is -2.35. The highest BCUT2D eigenvalue weighted by molar-refractivity contribution is 6.31. The topological polar surface area (TPSA) is 72.4 Å². The summed E-state index contributed by atoms with van der Waals surface area (Å²) in [4.78, 5) is 12.2. The third-order valence-corrected chi connectivity index (χ3v) is 3.46. The van der Waals surface area contributed by atoms with Crippen molar-refractivity contribution in [1.82, 2.24) is 0 Å². The molecule has 1 aromatic rings. The van der Waals surface area contributed by atoms with Crippen molar-refractivity contribution in [3.63, 3.8) is 0 Å². The second-order valence-corrected chi connectivity index (χ2v) is 4.64. The summed E-state index contributed by atoms with van der Waals surface area (Å²) in [5.74, 6) is -0.782. The van der Waals surface area contributed by atoms with Gasteiger partial charge in [0.15, 0.2) is 0 Å². The molecule has 1 aliphatic heterocycles. The van der Waals surface area contributed by atoms with Crippen LogP contribution in [0.3, 0.4) is 0 Å². The van der Waals surface area contributed by atoms with Gasteiger partial charge in [0.1, 0.15) is 11.5 Å². The molecule has 1 saturated heterocycles. The summed E-state index contributed by atoms with van der Waals surface area (Å²) < 4.78 is 13.3. The average Bonchev–Trinajstić information content (AvgIpc) is 2.79. The van der Waals surface area contributed by atoms with Gasteiger partial charge < -0.3 is 10.6 Å². The zero-order valence-corrected chi connectivity index (χ0v) is 10.4. The Bertz CT molecular complexity index is 484. The molecule has 0 amide bonds. The van der Waals surface area contributed by atoms with Crippen molar-refractivity contribution in [3.8, 4) is 0 Å². The molecule has 2 N–H and O–H groups in total. The van der Waals surface area contributed by atoms with Gasteiger partial charge in [-0.3, -0.25) is 10.1 Å². The minimum absolute atomic E-state index is 0.0465. The van der Waals surface area contributed by atoms with Crippen LogP contribution in [0.4, 0.5) is 15.8 Å². The highest BCUT2D eigenvalue weighted by atomic mass is 35.5. The second-order valence-electron chi connectivity index (χ2n) is 4.24. The standard InChI is InChI=1S/C11H13ClFN3O2/c12-8-4-10(11(16(17)18)5-9(8)13)15-3-1-2-7(15)6-14/h4-5,7H,1-3,6,14H2. The lowest BCUT2D eigenvalue weighted by atomic mass is 10.2. The van der Waals surface area contributed by atoms with Crippen LogP contribution in [0.25, 0.3) is 0 Å². The van der Waals surface area contributed by atoms with Gasteiger partial charge in [0, 0.05) is 19.1 Å². The van der Waals surface area contributed by atoms with E-state index in [-0.39, 0.29) is 16.8 Å². The minimum atomic E-state index is -0.782. The van der Waals surface area contributed by atoms with Crippen LogP contribution in [0.5, 0.6) is 0 Å². The van der Waals surface area contributed by atoms with E-state index in [1.807, 2.05) is 4.90 Å². The van der Waals surface area contributed by atoms with Crippen molar-refractivity contribution >= 4 is 23.0 Å². The van der Waals surface area contributed by atoms with Crippen molar-refractivity contribution < 1.29 is 9.31 Å². The molecule has 1 unspecified atom stereocenters. The average molecular weight is 274 g/mol. The smallest absolute Gasteiger partial charge is 0.295 e. The first kappa shape index (κ1) is 13.0. The van der Waals surface area contributed by atoms with Gasteiger partial charge in [0.25, 0.3) is 5.69 Å². The molecule has 1 heterocycles. The number of benzene rings is 1. The molecule has 0 radical (unpaired) electrons. The monoisotopic (exact) mass is 273 g/mol. The summed E-state index contributed by atoms with van der Waals surface area (Å²) in [5, 5.41) is 10.9. The van der Waals surface area contributed by atoms with Crippen molar-refractivity contribution in [2.45, 2.75) is 18.9 Å². The van der Waals surface area contributed by atoms with Crippen molar-refractivity contribution in [3.05, 3.63) is 33.1 Å². The third kappa shape index (κ3) is 2.26. The number of anilines is 1. The molecule has 0 saturated carbocycles. The van der Waals surface area contributed by atoms with Gasteiger partial charge in [-0.2, -0.15) is 0 Å². The maximum Gasteiger partial charge on any atom is 0.295 e.